The van der Waals surface area contributed by atoms with Crippen molar-refractivity contribution in [1.82, 2.24) is 10.2 Å². The van der Waals surface area contributed by atoms with E-state index < -0.39 is 0 Å². The summed E-state index contributed by atoms with van der Waals surface area (Å²) in [6.07, 6.45) is 1.22. The molecule has 0 aromatic rings. The number of nitrogens with two attached hydrogens (primary N) is 1. The van der Waals surface area contributed by atoms with E-state index in [0.717, 1.165) is 6.42 Å². The van der Waals surface area contributed by atoms with Crippen LogP contribution in [0.15, 0.2) is 0 Å². The average molecular weight is 338 g/mol. The number of thioether (sulfide) groups is 1. The van der Waals surface area contributed by atoms with Gasteiger partial charge in [-0.3, -0.25) is 9.59 Å². The molecule has 1 saturated heterocycles. The number of nitrogens with zero attached hydrogens (tertiary/aromatic N) is 1. The van der Waals surface area contributed by atoms with E-state index in [1.54, 1.807) is 16.7 Å². The van der Waals surface area contributed by atoms with E-state index in [4.69, 9.17) is 5.73 Å². The van der Waals surface area contributed by atoms with Crippen molar-refractivity contribution >= 4 is 36.0 Å². The molecule has 0 saturated carbocycles. The summed E-state index contributed by atoms with van der Waals surface area (Å²) in [5.74, 6) is 1.30. The standard InChI is InChI=1S/C14H27N3O2S.ClH/c1-10(15)5-6-16-13(19)11-8-20-9-17(11)12(18)7-14(2,3)4;/h10-11H,5-9,15H2,1-4H3,(H,16,19);1H. The summed E-state index contributed by atoms with van der Waals surface area (Å²) in [7, 11) is 0. The van der Waals surface area contributed by atoms with Gasteiger partial charge in [0.2, 0.25) is 11.8 Å². The maximum absolute atomic E-state index is 12.3. The largest absolute Gasteiger partial charge is 0.354 e. The minimum absolute atomic E-state index is 0. The van der Waals surface area contributed by atoms with Gasteiger partial charge in [0, 0.05) is 24.8 Å². The van der Waals surface area contributed by atoms with Gasteiger partial charge in [0.05, 0.1) is 5.88 Å². The molecule has 1 rings (SSSR count). The maximum atomic E-state index is 12.3. The molecule has 0 radical (unpaired) electrons. The van der Waals surface area contributed by atoms with Crippen LogP contribution in [0.25, 0.3) is 0 Å². The first-order valence-electron chi connectivity index (χ1n) is 7.11. The van der Waals surface area contributed by atoms with Crippen LogP contribution in [0, 0.1) is 5.41 Å². The summed E-state index contributed by atoms with van der Waals surface area (Å²) in [5, 5.41) is 2.88. The van der Waals surface area contributed by atoms with E-state index in [-0.39, 0.29) is 41.7 Å². The summed E-state index contributed by atoms with van der Waals surface area (Å²) < 4.78 is 0. The molecule has 1 heterocycles. The van der Waals surface area contributed by atoms with Crippen LogP contribution in [0.1, 0.15) is 40.5 Å². The Morgan fingerprint density at radius 2 is 2.05 bits per heavy atom. The fourth-order valence-corrected chi connectivity index (χ4v) is 3.18. The van der Waals surface area contributed by atoms with Crippen molar-refractivity contribution in [2.75, 3.05) is 18.2 Å². The van der Waals surface area contributed by atoms with E-state index in [2.05, 4.69) is 5.32 Å². The van der Waals surface area contributed by atoms with Crippen molar-refractivity contribution in [3.63, 3.8) is 0 Å². The topological polar surface area (TPSA) is 75.4 Å². The summed E-state index contributed by atoms with van der Waals surface area (Å²) in [4.78, 5) is 26.1. The number of halogens is 1. The highest BCUT2D eigenvalue weighted by molar-refractivity contribution is 7.99. The third-order valence-corrected chi connectivity index (χ3v) is 4.10. The van der Waals surface area contributed by atoms with Crippen molar-refractivity contribution in [1.29, 1.82) is 0 Å². The van der Waals surface area contributed by atoms with Crippen molar-refractivity contribution in [2.24, 2.45) is 11.1 Å². The van der Waals surface area contributed by atoms with Gasteiger partial charge in [0.25, 0.3) is 0 Å². The van der Waals surface area contributed by atoms with Crippen LogP contribution in [0.5, 0.6) is 0 Å². The lowest BCUT2D eigenvalue weighted by atomic mass is 9.91. The Morgan fingerprint density at radius 1 is 1.43 bits per heavy atom. The Bertz CT molecular complexity index is 359. The number of hydrogen-bond donors (Lipinski definition) is 2. The highest BCUT2D eigenvalue weighted by atomic mass is 35.5. The van der Waals surface area contributed by atoms with E-state index >= 15 is 0 Å². The quantitative estimate of drug-likeness (QED) is 0.799. The molecule has 1 aliphatic heterocycles. The fourth-order valence-electron chi connectivity index (χ4n) is 2.00. The fraction of sp³-hybridized carbons (Fsp3) is 0.857. The molecule has 2 amide bonds. The third kappa shape index (κ3) is 7.38. The monoisotopic (exact) mass is 337 g/mol. The van der Waals surface area contributed by atoms with E-state index in [1.807, 2.05) is 27.7 Å². The Kier molecular flexibility index (Phi) is 8.66. The zero-order valence-electron chi connectivity index (χ0n) is 13.3. The summed E-state index contributed by atoms with van der Waals surface area (Å²) in [6.45, 7) is 8.58. The van der Waals surface area contributed by atoms with E-state index in [1.165, 1.54) is 0 Å². The van der Waals surface area contributed by atoms with Crippen LogP contribution in [0.2, 0.25) is 0 Å². The molecular weight excluding hydrogens is 310 g/mol. The zero-order valence-corrected chi connectivity index (χ0v) is 15.0. The Labute approximate surface area is 138 Å². The minimum Gasteiger partial charge on any atom is -0.354 e. The van der Waals surface area contributed by atoms with Crippen LogP contribution in [0.4, 0.5) is 0 Å². The SMILES string of the molecule is CC(N)CCNC(=O)C1CSCN1C(=O)CC(C)(C)C.Cl. The number of carbonyl (C=O) groups excluding carboxylic acids is 2. The molecule has 124 valence electrons. The number of hydrogen-bond acceptors (Lipinski definition) is 4. The van der Waals surface area contributed by atoms with E-state index in [9.17, 15) is 9.59 Å². The molecule has 2 unspecified atom stereocenters. The third-order valence-electron chi connectivity index (χ3n) is 3.09. The van der Waals surface area contributed by atoms with Gasteiger partial charge in [-0.05, 0) is 18.8 Å². The highest BCUT2D eigenvalue weighted by Crippen LogP contribution is 2.26. The van der Waals surface area contributed by atoms with Crippen molar-refractivity contribution in [2.45, 2.75) is 52.6 Å². The second kappa shape index (κ2) is 8.86. The summed E-state index contributed by atoms with van der Waals surface area (Å²) >= 11 is 1.63. The minimum atomic E-state index is -0.331. The molecule has 0 aromatic carbocycles. The molecular formula is C14H28ClN3O2S. The summed E-state index contributed by atoms with van der Waals surface area (Å²) in [6, 6.07) is -0.255. The van der Waals surface area contributed by atoms with Gasteiger partial charge in [0.15, 0.2) is 0 Å². The van der Waals surface area contributed by atoms with Gasteiger partial charge in [-0.25, -0.2) is 0 Å². The molecule has 0 aromatic heterocycles. The Hall–Kier alpha value is -0.460. The molecule has 5 nitrogen and oxygen atoms in total. The molecule has 21 heavy (non-hydrogen) atoms. The van der Waals surface area contributed by atoms with Crippen LogP contribution in [-0.2, 0) is 9.59 Å². The molecule has 0 bridgehead atoms. The molecule has 0 aliphatic carbocycles. The van der Waals surface area contributed by atoms with E-state index in [0.29, 0.717) is 24.6 Å². The Balaban J connectivity index is 0.00000400. The lowest BCUT2D eigenvalue weighted by Gasteiger charge is -2.26. The number of carbonyl (C=O) groups is 2. The van der Waals surface area contributed by atoms with Gasteiger partial charge in [-0.1, -0.05) is 20.8 Å². The van der Waals surface area contributed by atoms with Gasteiger partial charge in [-0.15, -0.1) is 24.2 Å². The smallest absolute Gasteiger partial charge is 0.243 e. The van der Waals surface area contributed by atoms with Gasteiger partial charge in [0.1, 0.15) is 6.04 Å². The first-order valence-corrected chi connectivity index (χ1v) is 8.26. The normalized spacial score (nSPS) is 19.9. The predicted octanol–water partition coefficient (Wildman–Crippen LogP) is 1.60. The molecule has 2 atom stereocenters. The number of nitrogens with one attached hydrogen (secondary N) is 1. The van der Waals surface area contributed by atoms with Crippen molar-refractivity contribution < 1.29 is 9.59 Å². The number of amides is 2. The predicted molar refractivity (Wildman–Crippen MR) is 90.6 cm³/mol. The van der Waals surface area contributed by atoms with Gasteiger partial charge >= 0.3 is 0 Å². The van der Waals surface area contributed by atoms with Crippen LogP contribution >= 0.6 is 24.2 Å². The molecule has 3 N–H and O–H groups in total. The molecule has 0 spiro atoms. The molecule has 7 heteroatoms. The molecule has 1 aliphatic rings. The highest BCUT2D eigenvalue weighted by Gasteiger charge is 2.35. The van der Waals surface area contributed by atoms with Gasteiger partial charge < -0.3 is 16.0 Å². The maximum Gasteiger partial charge on any atom is 0.243 e. The molecule has 1 fully saturated rings. The second-order valence-corrected chi connectivity index (χ2v) is 7.67. The first-order chi connectivity index (χ1) is 9.20. The first kappa shape index (κ1) is 20.5. The van der Waals surface area contributed by atoms with Gasteiger partial charge in [-0.2, -0.15) is 0 Å². The lowest BCUT2D eigenvalue weighted by molar-refractivity contribution is -0.139. The van der Waals surface area contributed by atoms with Crippen molar-refractivity contribution in [3.05, 3.63) is 0 Å². The Morgan fingerprint density at radius 3 is 2.57 bits per heavy atom. The zero-order chi connectivity index (χ0) is 15.3. The average Bonchev–Trinajstić information content (AvgIpc) is 2.74. The number of rotatable bonds is 5. The second-order valence-electron chi connectivity index (χ2n) is 6.67. The van der Waals surface area contributed by atoms with Crippen molar-refractivity contribution in [3.8, 4) is 0 Å². The van der Waals surface area contributed by atoms with Crippen LogP contribution < -0.4 is 11.1 Å². The summed E-state index contributed by atoms with van der Waals surface area (Å²) in [5.41, 5.74) is 5.60. The van der Waals surface area contributed by atoms with Crippen LogP contribution in [-0.4, -0.2) is 47.0 Å². The lowest BCUT2D eigenvalue weighted by Crippen LogP contribution is -2.48. The van der Waals surface area contributed by atoms with Crippen LogP contribution in [0.3, 0.4) is 0 Å².